The van der Waals surface area contributed by atoms with E-state index in [1.165, 1.54) is 29.1 Å². The van der Waals surface area contributed by atoms with Gasteiger partial charge in [-0.15, -0.1) is 0 Å². The van der Waals surface area contributed by atoms with E-state index in [1.54, 1.807) is 6.07 Å². The van der Waals surface area contributed by atoms with Gasteiger partial charge in [-0.3, -0.25) is 0 Å². The van der Waals surface area contributed by atoms with Crippen LogP contribution in [0.5, 0.6) is 0 Å². The Hall–Kier alpha value is -2.21. The second-order valence-corrected chi connectivity index (χ2v) is 3.39. The molecule has 0 bridgehead atoms. The number of aromatic nitrogens is 2. The van der Waals surface area contributed by atoms with Crippen LogP contribution in [0.1, 0.15) is 16.1 Å². The number of benzene rings is 1. The fraction of sp³-hybridized carbons (Fsp3) is 0.0909. The average molecular weight is 236 g/mol. The molecular weight excluding hydrogens is 227 g/mol. The summed E-state index contributed by atoms with van der Waals surface area (Å²) in [4.78, 5) is 10.8. The summed E-state index contributed by atoms with van der Waals surface area (Å²) in [7, 11) is 0. The predicted molar refractivity (Wildman–Crippen MR) is 56.4 cm³/mol. The number of aliphatic hydroxyl groups is 1. The van der Waals surface area contributed by atoms with Crippen molar-refractivity contribution < 1.29 is 19.4 Å². The second kappa shape index (κ2) is 4.34. The van der Waals surface area contributed by atoms with Crippen LogP contribution in [0, 0.1) is 5.82 Å². The Kier molecular flexibility index (Phi) is 2.88. The first-order valence-electron chi connectivity index (χ1n) is 4.80. The molecule has 0 atom stereocenters. The second-order valence-electron chi connectivity index (χ2n) is 3.39. The van der Waals surface area contributed by atoms with Crippen LogP contribution in [0.25, 0.3) is 5.69 Å². The first kappa shape index (κ1) is 11.3. The van der Waals surface area contributed by atoms with Crippen LogP contribution in [0.4, 0.5) is 4.39 Å². The van der Waals surface area contributed by atoms with Gasteiger partial charge in [0.05, 0.1) is 12.3 Å². The number of hydrogen-bond donors (Lipinski definition) is 2. The highest BCUT2D eigenvalue weighted by Gasteiger charge is 2.15. The SMILES string of the molecule is O=C(O)c1nn(-c2cccc(F)c2)cc1CO. The highest BCUT2D eigenvalue weighted by Crippen LogP contribution is 2.13. The molecule has 1 aromatic heterocycles. The third kappa shape index (κ3) is 2.16. The molecule has 1 heterocycles. The minimum absolute atomic E-state index is 0.182. The Morgan fingerprint density at radius 1 is 1.47 bits per heavy atom. The van der Waals surface area contributed by atoms with Crippen LogP contribution in [-0.4, -0.2) is 26.0 Å². The van der Waals surface area contributed by atoms with Gasteiger partial charge in [-0.25, -0.2) is 13.9 Å². The van der Waals surface area contributed by atoms with Crippen molar-refractivity contribution in [3.05, 3.63) is 47.5 Å². The third-order valence-electron chi connectivity index (χ3n) is 2.24. The summed E-state index contributed by atoms with van der Waals surface area (Å²) in [6.07, 6.45) is 1.36. The zero-order valence-corrected chi connectivity index (χ0v) is 8.67. The van der Waals surface area contributed by atoms with Gasteiger partial charge in [0.1, 0.15) is 5.82 Å². The molecule has 6 heteroatoms. The minimum atomic E-state index is -1.23. The van der Waals surface area contributed by atoms with Gasteiger partial charge >= 0.3 is 5.97 Å². The maximum Gasteiger partial charge on any atom is 0.356 e. The molecule has 0 amide bonds. The van der Waals surface area contributed by atoms with Crippen molar-refractivity contribution in [3.8, 4) is 5.69 Å². The van der Waals surface area contributed by atoms with Gasteiger partial charge in [0.25, 0.3) is 0 Å². The molecule has 1 aromatic carbocycles. The van der Waals surface area contributed by atoms with E-state index in [0.29, 0.717) is 5.69 Å². The number of hydrogen-bond acceptors (Lipinski definition) is 3. The number of carboxylic acids is 1. The summed E-state index contributed by atoms with van der Waals surface area (Å²) >= 11 is 0. The number of aliphatic hydroxyl groups excluding tert-OH is 1. The molecule has 2 N–H and O–H groups in total. The lowest BCUT2D eigenvalue weighted by Gasteiger charge is -1.99. The number of aromatic carboxylic acids is 1. The molecule has 0 fully saturated rings. The van der Waals surface area contributed by atoms with Gasteiger partial charge in [0, 0.05) is 11.8 Å². The van der Waals surface area contributed by atoms with Crippen molar-refractivity contribution in [2.45, 2.75) is 6.61 Å². The maximum atomic E-state index is 13.0. The standard InChI is InChI=1S/C11H9FN2O3/c12-8-2-1-3-9(4-8)14-5-7(6-15)10(13-14)11(16)17/h1-5,15H,6H2,(H,16,17). The van der Waals surface area contributed by atoms with Crippen LogP contribution in [-0.2, 0) is 6.61 Å². The molecule has 0 spiro atoms. The average Bonchev–Trinajstić information content (AvgIpc) is 2.73. The molecule has 5 nitrogen and oxygen atoms in total. The number of carboxylic acid groups (broad SMARTS) is 1. The molecule has 0 radical (unpaired) electrons. The first-order chi connectivity index (χ1) is 8.11. The van der Waals surface area contributed by atoms with E-state index in [1.807, 2.05) is 0 Å². The topological polar surface area (TPSA) is 75.3 Å². The van der Waals surface area contributed by atoms with E-state index in [4.69, 9.17) is 10.2 Å². The van der Waals surface area contributed by atoms with Crippen LogP contribution >= 0.6 is 0 Å². The van der Waals surface area contributed by atoms with Crippen molar-refractivity contribution in [1.82, 2.24) is 9.78 Å². The summed E-state index contributed by atoms with van der Waals surface area (Å²) < 4.78 is 14.2. The van der Waals surface area contributed by atoms with Gasteiger partial charge in [-0.1, -0.05) is 6.07 Å². The lowest BCUT2D eigenvalue weighted by atomic mass is 10.2. The van der Waals surface area contributed by atoms with Crippen LogP contribution in [0.3, 0.4) is 0 Å². The van der Waals surface area contributed by atoms with Gasteiger partial charge in [0.15, 0.2) is 5.69 Å². The molecular formula is C11H9FN2O3. The largest absolute Gasteiger partial charge is 0.476 e. The zero-order valence-electron chi connectivity index (χ0n) is 8.67. The van der Waals surface area contributed by atoms with Gasteiger partial charge in [-0.05, 0) is 18.2 Å². The summed E-state index contributed by atoms with van der Waals surface area (Å²) in [6, 6.07) is 5.58. The predicted octanol–water partition coefficient (Wildman–Crippen LogP) is 1.20. The minimum Gasteiger partial charge on any atom is -0.476 e. The van der Waals surface area contributed by atoms with Gasteiger partial charge in [0.2, 0.25) is 0 Å². The van der Waals surface area contributed by atoms with E-state index in [9.17, 15) is 9.18 Å². The molecule has 0 unspecified atom stereocenters. The number of halogens is 1. The van der Waals surface area contributed by atoms with E-state index in [2.05, 4.69) is 5.10 Å². The molecule has 0 saturated heterocycles. The molecule has 0 aliphatic carbocycles. The lowest BCUT2D eigenvalue weighted by molar-refractivity contribution is 0.0686. The molecule has 0 saturated carbocycles. The monoisotopic (exact) mass is 236 g/mol. The van der Waals surface area contributed by atoms with Crippen LogP contribution in [0.2, 0.25) is 0 Å². The van der Waals surface area contributed by atoms with E-state index < -0.39 is 18.4 Å². The van der Waals surface area contributed by atoms with Crippen molar-refractivity contribution in [3.63, 3.8) is 0 Å². The fourth-order valence-corrected chi connectivity index (χ4v) is 1.46. The number of rotatable bonds is 3. The molecule has 2 aromatic rings. The molecule has 17 heavy (non-hydrogen) atoms. The van der Waals surface area contributed by atoms with Gasteiger partial charge < -0.3 is 10.2 Å². The maximum absolute atomic E-state index is 13.0. The fourth-order valence-electron chi connectivity index (χ4n) is 1.46. The van der Waals surface area contributed by atoms with Crippen molar-refractivity contribution in [2.24, 2.45) is 0 Å². The summed E-state index contributed by atoms with van der Waals surface area (Å²) in [5, 5.41) is 21.6. The summed E-state index contributed by atoms with van der Waals surface area (Å²) in [5.41, 5.74) is 0.339. The summed E-state index contributed by atoms with van der Waals surface area (Å²) in [5.74, 6) is -1.68. The highest BCUT2D eigenvalue weighted by atomic mass is 19.1. The first-order valence-corrected chi connectivity index (χ1v) is 4.80. The number of nitrogens with zero attached hydrogens (tertiary/aromatic N) is 2. The van der Waals surface area contributed by atoms with Gasteiger partial charge in [-0.2, -0.15) is 5.10 Å². The Bertz CT molecular complexity index is 566. The molecule has 2 rings (SSSR count). The smallest absolute Gasteiger partial charge is 0.356 e. The Morgan fingerprint density at radius 2 is 2.24 bits per heavy atom. The Labute approximate surface area is 95.7 Å². The number of carbonyl (C=O) groups is 1. The van der Waals surface area contributed by atoms with Crippen molar-refractivity contribution in [2.75, 3.05) is 0 Å². The normalized spacial score (nSPS) is 10.5. The summed E-state index contributed by atoms with van der Waals surface area (Å²) in [6.45, 7) is -0.434. The van der Waals surface area contributed by atoms with Crippen molar-refractivity contribution in [1.29, 1.82) is 0 Å². The van der Waals surface area contributed by atoms with Crippen LogP contribution in [0.15, 0.2) is 30.5 Å². The molecule has 0 aliphatic heterocycles. The molecule has 88 valence electrons. The zero-order chi connectivity index (χ0) is 12.4. The molecule has 0 aliphatic rings. The highest BCUT2D eigenvalue weighted by molar-refractivity contribution is 5.87. The Balaban J connectivity index is 2.50. The lowest BCUT2D eigenvalue weighted by Crippen LogP contribution is -2.02. The van der Waals surface area contributed by atoms with E-state index in [-0.39, 0.29) is 11.3 Å². The van der Waals surface area contributed by atoms with Crippen LogP contribution < -0.4 is 0 Å². The quantitative estimate of drug-likeness (QED) is 0.839. The van der Waals surface area contributed by atoms with E-state index in [0.717, 1.165) is 0 Å². The van der Waals surface area contributed by atoms with Crippen molar-refractivity contribution >= 4 is 5.97 Å². The van der Waals surface area contributed by atoms with E-state index >= 15 is 0 Å². The Morgan fingerprint density at radius 3 is 2.76 bits per heavy atom. The third-order valence-corrected chi connectivity index (χ3v) is 2.24.